The topological polar surface area (TPSA) is 45.5 Å². The Bertz CT molecular complexity index is 473. The van der Waals surface area contributed by atoms with E-state index in [0.29, 0.717) is 5.92 Å². The number of carbonyl (C=O) groups excluding carboxylic acids is 1. The summed E-state index contributed by atoms with van der Waals surface area (Å²) in [5, 5.41) is 3.41. The Labute approximate surface area is 121 Å². The third kappa shape index (κ3) is 3.06. The van der Waals surface area contributed by atoms with Crippen LogP contribution in [0, 0.1) is 26.7 Å². The lowest BCUT2D eigenvalue weighted by Gasteiger charge is -2.29. The second kappa shape index (κ2) is 6.44. The van der Waals surface area contributed by atoms with E-state index in [9.17, 15) is 4.79 Å². The first-order valence-corrected chi connectivity index (χ1v) is 7.61. The number of furan rings is 1. The Balaban J connectivity index is 2.12. The molecule has 1 amide bonds. The molecule has 1 unspecified atom stereocenters. The molecule has 112 valence electrons. The van der Waals surface area contributed by atoms with E-state index in [1.54, 1.807) is 0 Å². The van der Waals surface area contributed by atoms with Gasteiger partial charge in [0.1, 0.15) is 11.5 Å². The van der Waals surface area contributed by atoms with Crippen LogP contribution in [0.2, 0.25) is 0 Å². The first-order chi connectivity index (χ1) is 9.54. The van der Waals surface area contributed by atoms with Crippen molar-refractivity contribution in [3.8, 4) is 0 Å². The second-order valence-corrected chi connectivity index (χ2v) is 5.77. The van der Waals surface area contributed by atoms with Crippen molar-refractivity contribution in [2.75, 3.05) is 26.2 Å². The zero-order valence-electron chi connectivity index (χ0n) is 13.1. The van der Waals surface area contributed by atoms with Crippen molar-refractivity contribution in [2.24, 2.45) is 5.92 Å². The van der Waals surface area contributed by atoms with Crippen LogP contribution in [0.25, 0.3) is 0 Å². The van der Waals surface area contributed by atoms with E-state index in [-0.39, 0.29) is 5.91 Å². The molecule has 1 saturated heterocycles. The van der Waals surface area contributed by atoms with Crippen LogP contribution in [0.3, 0.4) is 0 Å². The maximum absolute atomic E-state index is 12.8. The maximum Gasteiger partial charge on any atom is 0.257 e. The fourth-order valence-corrected chi connectivity index (χ4v) is 3.01. The van der Waals surface area contributed by atoms with Crippen LogP contribution in [0.15, 0.2) is 4.42 Å². The highest BCUT2D eigenvalue weighted by molar-refractivity contribution is 5.96. The molecule has 1 aromatic heterocycles. The third-order valence-electron chi connectivity index (χ3n) is 4.32. The highest BCUT2D eigenvalue weighted by Crippen LogP contribution is 2.23. The molecule has 4 nitrogen and oxygen atoms in total. The molecule has 0 saturated carbocycles. The van der Waals surface area contributed by atoms with E-state index in [4.69, 9.17) is 4.42 Å². The summed E-state index contributed by atoms with van der Waals surface area (Å²) in [4.78, 5) is 14.7. The first kappa shape index (κ1) is 15.1. The van der Waals surface area contributed by atoms with Crippen molar-refractivity contribution in [3.05, 3.63) is 22.6 Å². The number of nitrogens with zero attached hydrogens (tertiary/aromatic N) is 1. The molecule has 1 aliphatic rings. The van der Waals surface area contributed by atoms with Gasteiger partial charge in [-0.15, -0.1) is 0 Å². The lowest BCUT2D eigenvalue weighted by Crippen LogP contribution is -2.41. The van der Waals surface area contributed by atoms with E-state index < -0.39 is 0 Å². The minimum atomic E-state index is 0.116. The lowest BCUT2D eigenvalue weighted by molar-refractivity contribution is 0.0726. The largest absolute Gasteiger partial charge is 0.466 e. The molecule has 0 spiro atoms. The molecule has 2 rings (SSSR count). The fourth-order valence-electron chi connectivity index (χ4n) is 3.01. The van der Waals surface area contributed by atoms with Gasteiger partial charge in [-0.05, 0) is 59.5 Å². The average Bonchev–Trinajstić information content (AvgIpc) is 2.70. The summed E-state index contributed by atoms with van der Waals surface area (Å²) in [6, 6.07) is 0. The Morgan fingerprint density at radius 2 is 2.10 bits per heavy atom. The predicted molar refractivity (Wildman–Crippen MR) is 80.1 cm³/mol. The van der Waals surface area contributed by atoms with Crippen LogP contribution in [-0.4, -0.2) is 37.0 Å². The number of hydrogen-bond donors (Lipinski definition) is 1. The molecule has 4 heteroatoms. The van der Waals surface area contributed by atoms with Crippen LogP contribution < -0.4 is 5.32 Å². The predicted octanol–water partition coefficient (Wildman–Crippen LogP) is 2.67. The first-order valence-electron chi connectivity index (χ1n) is 7.61. The monoisotopic (exact) mass is 278 g/mol. The Morgan fingerprint density at radius 1 is 1.35 bits per heavy atom. The summed E-state index contributed by atoms with van der Waals surface area (Å²) < 4.78 is 5.59. The number of aryl methyl sites for hydroxylation is 2. The quantitative estimate of drug-likeness (QED) is 0.921. The molecule has 0 aromatic carbocycles. The van der Waals surface area contributed by atoms with Gasteiger partial charge in [-0.25, -0.2) is 0 Å². The van der Waals surface area contributed by atoms with Gasteiger partial charge in [0, 0.05) is 18.7 Å². The van der Waals surface area contributed by atoms with E-state index in [1.165, 1.54) is 12.8 Å². The summed E-state index contributed by atoms with van der Waals surface area (Å²) in [6.45, 7) is 11.5. The number of carbonyl (C=O) groups is 1. The minimum Gasteiger partial charge on any atom is -0.466 e. The SMILES string of the molecule is CCN(CC1CCCNC1)C(=O)c1c(C)oc(C)c1C. The van der Waals surface area contributed by atoms with E-state index in [1.807, 2.05) is 32.6 Å². The molecular formula is C16H26N2O2. The van der Waals surface area contributed by atoms with Crippen molar-refractivity contribution >= 4 is 5.91 Å². The highest BCUT2D eigenvalue weighted by atomic mass is 16.3. The van der Waals surface area contributed by atoms with Gasteiger partial charge in [-0.1, -0.05) is 0 Å². The van der Waals surface area contributed by atoms with Crippen molar-refractivity contribution in [2.45, 2.75) is 40.5 Å². The molecular weight excluding hydrogens is 252 g/mol. The number of rotatable bonds is 4. The summed E-state index contributed by atoms with van der Waals surface area (Å²) in [5.41, 5.74) is 1.74. The molecule has 0 aliphatic carbocycles. The number of amides is 1. The second-order valence-electron chi connectivity index (χ2n) is 5.77. The fraction of sp³-hybridized carbons (Fsp3) is 0.688. The number of nitrogens with one attached hydrogen (secondary N) is 1. The molecule has 1 atom stereocenters. The molecule has 20 heavy (non-hydrogen) atoms. The zero-order chi connectivity index (χ0) is 14.7. The smallest absolute Gasteiger partial charge is 0.257 e. The zero-order valence-corrected chi connectivity index (χ0v) is 13.1. The Morgan fingerprint density at radius 3 is 2.60 bits per heavy atom. The van der Waals surface area contributed by atoms with Crippen LogP contribution >= 0.6 is 0 Å². The summed E-state index contributed by atoms with van der Waals surface area (Å²) in [5.74, 6) is 2.28. The number of piperidine rings is 1. The number of hydrogen-bond acceptors (Lipinski definition) is 3. The van der Waals surface area contributed by atoms with E-state index >= 15 is 0 Å². The van der Waals surface area contributed by atoms with Crippen molar-refractivity contribution in [3.63, 3.8) is 0 Å². The highest BCUT2D eigenvalue weighted by Gasteiger charge is 2.25. The molecule has 1 aliphatic heterocycles. The van der Waals surface area contributed by atoms with Gasteiger partial charge in [0.15, 0.2) is 0 Å². The minimum absolute atomic E-state index is 0.116. The average molecular weight is 278 g/mol. The molecule has 0 bridgehead atoms. The van der Waals surface area contributed by atoms with E-state index in [2.05, 4.69) is 5.32 Å². The Kier molecular flexibility index (Phi) is 4.86. The van der Waals surface area contributed by atoms with Gasteiger partial charge >= 0.3 is 0 Å². The van der Waals surface area contributed by atoms with Crippen LogP contribution in [0.5, 0.6) is 0 Å². The van der Waals surface area contributed by atoms with Gasteiger partial charge in [-0.3, -0.25) is 4.79 Å². The van der Waals surface area contributed by atoms with E-state index in [0.717, 1.165) is 48.8 Å². The molecule has 1 aromatic rings. The van der Waals surface area contributed by atoms with Gasteiger partial charge in [0.25, 0.3) is 5.91 Å². The third-order valence-corrected chi connectivity index (χ3v) is 4.32. The van der Waals surface area contributed by atoms with Crippen LogP contribution in [-0.2, 0) is 0 Å². The van der Waals surface area contributed by atoms with Crippen molar-refractivity contribution in [1.29, 1.82) is 0 Å². The molecule has 1 fully saturated rings. The molecule has 2 heterocycles. The van der Waals surface area contributed by atoms with Gasteiger partial charge in [0.2, 0.25) is 0 Å². The standard InChI is InChI=1S/C16H26N2O2/c1-5-18(10-14-7-6-8-17-9-14)16(19)15-11(2)12(3)20-13(15)4/h14,17H,5-10H2,1-4H3. The summed E-state index contributed by atoms with van der Waals surface area (Å²) >= 11 is 0. The lowest BCUT2D eigenvalue weighted by atomic mass is 9.98. The summed E-state index contributed by atoms with van der Waals surface area (Å²) in [7, 11) is 0. The Hall–Kier alpha value is -1.29. The van der Waals surface area contributed by atoms with Crippen molar-refractivity contribution in [1.82, 2.24) is 10.2 Å². The van der Waals surface area contributed by atoms with Gasteiger partial charge in [-0.2, -0.15) is 0 Å². The maximum atomic E-state index is 12.8. The van der Waals surface area contributed by atoms with Crippen molar-refractivity contribution < 1.29 is 9.21 Å². The van der Waals surface area contributed by atoms with Gasteiger partial charge < -0.3 is 14.6 Å². The van der Waals surface area contributed by atoms with Gasteiger partial charge in [0.05, 0.1) is 5.56 Å². The van der Waals surface area contributed by atoms with Crippen LogP contribution in [0.4, 0.5) is 0 Å². The molecule has 1 N–H and O–H groups in total. The summed E-state index contributed by atoms with van der Waals surface area (Å²) in [6.07, 6.45) is 2.42. The molecule has 0 radical (unpaired) electrons. The van der Waals surface area contributed by atoms with Crippen LogP contribution in [0.1, 0.15) is 47.2 Å². The normalized spacial score (nSPS) is 19.1.